The predicted molar refractivity (Wildman–Crippen MR) is 67.0 cm³/mol. The largest absolute Gasteiger partial charge is 0.463 e. The summed E-state index contributed by atoms with van der Waals surface area (Å²) in [6.07, 6.45) is -10.3. The smallest absolute Gasteiger partial charge is 0.435 e. The first-order valence-electron chi connectivity index (χ1n) is 6.21. The number of rotatable bonds is 4. The van der Waals surface area contributed by atoms with Crippen LogP contribution in [-0.2, 0) is 15.2 Å². The van der Waals surface area contributed by atoms with E-state index in [1.807, 2.05) is 0 Å². The van der Waals surface area contributed by atoms with Gasteiger partial charge in [-0.15, -0.1) is 0 Å². The quantitative estimate of drug-likeness (QED) is 0.455. The molecule has 0 N–H and O–H groups in total. The maximum atomic E-state index is 13.7. The highest BCUT2D eigenvalue weighted by Gasteiger charge is 2.73. The Morgan fingerprint density at radius 1 is 1.00 bits per heavy atom. The number of esters is 1. The molecule has 128 valence electrons. The van der Waals surface area contributed by atoms with Crippen molar-refractivity contribution in [3.63, 3.8) is 0 Å². The Morgan fingerprint density at radius 3 is 1.87 bits per heavy atom. The first-order valence-corrected chi connectivity index (χ1v) is 6.21. The highest BCUT2D eigenvalue weighted by molar-refractivity contribution is 5.87. The number of carbonyl (C=O) groups excluding carboxylic acids is 1. The summed E-state index contributed by atoms with van der Waals surface area (Å²) in [4.78, 5) is 11.0. The van der Waals surface area contributed by atoms with Gasteiger partial charge < -0.3 is 4.74 Å². The third-order valence-corrected chi connectivity index (χ3v) is 2.79. The summed E-state index contributed by atoms with van der Waals surface area (Å²) in [6, 6.07) is 2.39. The molecule has 0 unspecified atom stereocenters. The fraction of sp³-hybridized carbons (Fsp3) is 0.357. The van der Waals surface area contributed by atoms with E-state index in [-0.39, 0.29) is 12.2 Å². The summed E-state index contributed by atoms with van der Waals surface area (Å²) in [5.74, 6) is -0.734. The Labute approximate surface area is 126 Å². The van der Waals surface area contributed by atoms with Crippen molar-refractivity contribution in [1.29, 1.82) is 0 Å². The summed E-state index contributed by atoms with van der Waals surface area (Å²) >= 11 is 0. The van der Waals surface area contributed by atoms with Crippen LogP contribution in [0.4, 0.5) is 30.7 Å². The molecule has 1 aromatic rings. The fourth-order valence-corrected chi connectivity index (χ4v) is 1.67. The van der Waals surface area contributed by atoms with Crippen molar-refractivity contribution >= 4 is 12.0 Å². The van der Waals surface area contributed by atoms with E-state index in [4.69, 9.17) is 0 Å². The average molecular weight is 344 g/mol. The molecule has 0 aromatic heterocycles. The van der Waals surface area contributed by atoms with Crippen LogP contribution in [0.15, 0.2) is 30.3 Å². The van der Waals surface area contributed by atoms with Gasteiger partial charge in [-0.2, -0.15) is 26.3 Å². The van der Waals surface area contributed by atoms with Crippen LogP contribution in [-0.4, -0.2) is 24.9 Å². The van der Waals surface area contributed by atoms with Crippen molar-refractivity contribution < 1.29 is 40.3 Å². The minimum absolute atomic E-state index is 0.101. The third kappa shape index (κ3) is 4.02. The zero-order valence-electron chi connectivity index (χ0n) is 11.6. The van der Waals surface area contributed by atoms with Crippen molar-refractivity contribution in [2.75, 3.05) is 6.61 Å². The highest BCUT2D eigenvalue weighted by atomic mass is 19.4. The van der Waals surface area contributed by atoms with Crippen molar-refractivity contribution in [2.45, 2.75) is 24.9 Å². The number of benzene rings is 1. The summed E-state index contributed by atoms with van der Waals surface area (Å²) in [7, 11) is 0. The van der Waals surface area contributed by atoms with E-state index in [2.05, 4.69) is 4.74 Å². The second-order valence-electron chi connectivity index (χ2n) is 4.36. The predicted octanol–water partition coefficient (Wildman–Crippen LogP) is 4.55. The Bertz CT molecular complexity index is 556. The molecule has 0 saturated carbocycles. The van der Waals surface area contributed by atoms with E-state index < -0.39 is 29.6 Å². The first kappa shape index (κ1) is 19.0. The molecule has 9 heteroatoms. The van der Waals surface area contributed by atoms with Crippen LogP contribution < -0.4 is 0 Å². The zero-order valence-corrected chi connectivity index (χ0v) is 11.6. The maximum absolute atomic E-state index is 13.7. The molecule has 0 aliphatic carbocycles. The topological polar surface area (TPSA) is 26.3 Å². The van der Waals surface area contributed by atoms with E-state index in [0.29, 0.717) is 12.1 Å². The third-order valence-electron chi connectivity index (χ3n) is 2.79. The van der Waals surface area contributed by atoms with Gasteiger partial charge in [0.25, 0.3) is 0 Å². The van der Waals surface area contributed by atoms with Crippen LogP contribution in [0.5, 0.6) is 0 Å². The molecular weight excluding hydrogens is 333 g/mol. The molecule has 0 heterocycles. The lowest BCUT2D eigenvalue weighted by molar-refractivity contribution is -0.348. The van der Waals surface area contributed by atoms with E-state index >= 15 is 0 Å². The van der Waals surface area contributed by atoms with Crippen molar-refractivity contribution in [2.24, 2.45) is 0 Å². The van der Waals surface area contributed by atoms with Gasteiger partial charge in [-0.3, -0.25) is 0 Å². The first-order chi connectivity index (χ1) is 10.4. The number of carbonyl (C=O) groups is 1. The lowest BCUT2D eigenvalue weighted by Gasteiger charge is -2.30. The number of alkyl halides is 7. The summed E-state index contributed by atoms with van der Waals surface area (Å²) in [6.45, 7) is 1.65. The van der Waals surface area contributed by atoms with Crippen LogP contribution in [0, 0.1) is 0 Å². The molecule has 0 fully saturated rings. The van der Waals surface area contributed by atoms with Crippen molar-refractivity contribution in [1.82, 2.24) is 0 Å². The van der Waals surface area contributed by atoms with E-state index in [1.54, 1.807) is 6.92 Å². The molecule has 1 rings (SSSR count). The van der Waals surface area contributed by atoms with Crippen LogP contribution >= 0.6 is 0 Å². The Kier molecular flexibility index (Phi) is 5.44. The number of hydrogen-bond acceptors (Lipinski definition) is 2. The Morgan fingerprint density at radius 2 is 1.48 bits per heavy atom. The van der Waals surface area contributed by atoms with Gasteiger partial charge >= 0.3 is 24.0 Å². The molecule has 0 saturated heterocycles. The molecule has 0 aliphatic heterocycles. The molecule has 2 nitrogen and oxygen atoms in total. The van der Waals surface area contributed by atoms with Crippen LogP contribution in [0.2, 0.25) is 0 Å². The molecule has 0 atom stereocenters. The molecule has 0 spiro atoms. The molecule has 0 radical (unpaired) electrons. The highest BCUT2D eigenvalue weighted by Crippen LogP contribution is 2.53. The normalized spacial score (nSPS) is 13.4. The summed E-state index contributed by atoms with van der Waals surface area (Å²) in [5, 5.41) is 0. The van der Waals surface area contributed by atoms with Gasteiger partial charge in [-0.05, 0) is 18.6 Å². The van der Waals surface area contributed by atoms with Gasteiger partial charge in [0.2, 0.25) is 0 Å². The lowest BCUT2D eigenvalue weighted by atomic mass is 9.93. The number of ether oxygens (including phenoxy) is 1. The van der Waals surface area contributed by atoms with Crippen molar-refractivity contribution in [3.8, 4) is 0 Å². The maximum Gasteiger partial charge on any atom is 0.435 e. The zero-order chi connectivity index (χ0) is 17.9. The summed E-state index contributed by atoms with van der Waals surface area (Å²) in [5.41, 5.74) is -6.96. The van der Waals surface area contributed by atoms with Crippen LogP contribution in [0.25, 0.3) is 6.08 Å². The van der Waals surface area contributed by atoms with Gasteiger partial charge in [-0.25, -0.2) is 9.18 Å². The van der Waals surface area contributed by atoms with Crippen LogP contribution in [0.1, 0.15) is 18.1 Å². The second kappa shape index (κ2) is 6.59. The fourth-order valence-electron chi connectivity index (χ4n) is 1.67. The standard InChI is InChI=1S/C14H11F7O2/c1-2-23-11(22)8-5-9-3-6-10(7-4-9)12(15,13(16,17)18)14(19,20)21/h3-8H,2H2,1H3/b8-5+. The van der Waals surface area contributed by atoms with Gasteiger partial charge in [0.1, 0.15) is 0 Å². The van der Waals surface area contributed by atoms with Gasteiger partial charge in [0, 0.05) is 11.6 Å². The van der Waals surface area contributed by atoms with Crippen molar-refractivity contribution in [3.05, 3.63) is 41.5 Å². The minimum Gasteiger partial charge on any atom is -0.463 e. The molecular formula is C14H11F7O2. The van der Waals surface area contributed by atoms with Gasteiger partial charge in [0.05, 0.1) is 6.61 Å². The molecule has 0 bridgehead atoms. The minimum atomic E-state index is -6.16. The number of halogens is 7. The Balaban J connectivity index is 3.13. The lowest BCUT2D eigenvalue weighted by Crippen LogP contribution is -2.50. The number of hydrogen-bond donors (Lipinski definition) is 0. The van der Waals surface area contributed by atoms with E-state index in [0.717, 1.165) is 24.3 Å². The van der Waals surface area contributed by atoms with Gasteiger partial charge in [-0.1, -0.05) is 24.3 Å². The SMILES string of the molecule is CCOC(=O)/C=C/c1ccc(C(F)(C(F)(F)F)C(F)(F)F)cc1. The molecule has 1 aromatic carbocycles. The van der Waals surface area contributed by atoms with E-state index in [9.17, 15) is 35.5 Å². The van der Waals surface area contributed by atoms with E-state index in [1.165, 1.54) is 0 Å². The second-order valence-corrected chi connectivity index (χ2v) is 4.36. The van der Waals surface area contributed by atoms with Crippen LogP contribution in [0.3, 0.4) is 0 Å². The molecule has 0 amide bonds. The monoisotopic (exact) mass is 344 g/mol. The Hall–Kier alpha value is -2.06. The van der Waals surface area contributed by atoms with Gasteiger partial charge in [0.15, 0.2) is 0 Å². The summed E-state index contributed by atoms with van der Waals surface area (Å²) < 4.78 is 93.6. The molecule has 23 heavy (non-hydrogen) atoms. The molecule has 0 aliphatic rings. The average Bonchev–Trinajstić information content (AvgIpc) is 2.42.